The fourth-order valence-corrected chi connectivity index (χ4v) is 1.37. The lowest BCUT2D eigenvalue weighted by atomic mass is 9.75. The van der Waals surface area contributed by atoms with Gasteiger partial charge in [-0.2, -0.15) is 0 Å². The molecule has 2 nitrogen and oxygen atoms in total. The lowest BCUT2D eigenvalue weighted by molar-refractivity contribution is 0.0119. The molecular weight excluding hydrogens is 128 g/mol. The van der Waals surface area contributed by atoms with Crippen molar-refractivity contribution in [2.75, 3.05) is 19.8 Å². The van der Waals surface area contributed by atoms with Crippen molar-refractivity contribution in [3.8, 4) is 0 Å². The Balaban J connectivity index is 2.05. The summed E-state index contributed by atoms with van der Waals surface area (Å²) in [6.45, 7) is 4.00. The highest BCUT2D eigenvalue weighted by Gasteiger charge is 2.29. The molecule has 0 aromatic rings. The van der Waals surface area contributed by atoms with E-state index in [1.54, 1.807) is 0 Å². The van der Waals surface area contributed by atoms with Crippen molar-refractivity contribution in [3.63, 3.8) is 0 Å². The van der Waals surface area contributed by atoms with Gasteiger partial charge in [-0.15, -0.1) is 0 Å². The fourth-order valence-electron chi connectivity index (χ4n) is 1.37. The first-order valence-electron chi connectivity index (χ1n) is 4.07. The Morgan fingerprint density at radius 3 is 2.50 bits per heavy atom. The summed E-state index contributed by atoms with van der Waals surface area (Å²) in [4.78, 5) is 0. The lowest BCUT2D eigenvalue weighted by Crippen LogP contribution is -2.32. The maximum Gasteiger partial charge on any atom is 0.0497 e. The Hall–Kier alpha value is -0.0800. The Morgan fingerprint density at radius 2 is 2.10 bits per heavy atom. The zero-order valence-electron chi connectivity index (χ0n) is 6.55. The molecule has 2 heteroatoms. The second-order valence-electron chi connectivity index (χ2n) is 2.94. The van der Waals surface area contributed by atoms with Crippen LogP contribution in [0.15, 0.2) is 0 Å². The SMILES string of the molecule is CCOCC1CCC1CO. The third-order valence-corrected chi connectivity index (χ3v) is 2.35. The summed E-state index contributed by atoms with van der Waals surface area (Å²) < 4.78 is 5.26. The predicted octanol–water partition coefficient (Wildman–Crippen LogP) is 1.04. The first-order valence-corrected chi connectivity index (χ1v) is 4.07. The van der Waals surface area contributed by atoms with E-state index in [-0.39, 0.29) is 0 Å². The van der Waals surface area contributed by atoms with Gasteiger partial charge < -0.3 is 9.84 Å². The first-order chi connectivity index (χ1) is 4.88. The normalized spacial score (nSPS) is 31.8. The molecule has 0 bridgehead atoms. The van der Waals surface area contributed by atoms with Crippen molar-refractivity contribution in [1.82, 2.24) is 0 Å². The van der Waals surface area contributed by atoms with Gasteiger partial charge in [-0.05, 0) is 31.6 Å². The zero-order valence-corrected chi connectivity index (χ0v) is 6.55. The second kappa shape index (κ2) is 3.94. The monoisotopic (exact) mass is 144 g/mol. The molecule has 1 saturated carbocycles. The van der Waals surface area contributed by atoms with Crippen LogP contribution < -0.4 is 0 Å². The number of ether oxygens (including phenoxy) is 1. The molecule has 0 aromatic heterocycles. The molecule has 2 atom stereocenters. The molecule has 1 N–H and O–H groups in total. The molecular formula is C8H16O2. The molecule has 0 aliphatic heterocycles. The third kappa shape index (κ3) is 1.70. The van der Waals surface area contributed by atoms with Crippen molar-refractivity contribution < 1.29 is 9.84 Å². The minimum Gasteiger partial charge on any atom is -0.396 e. The maximum atomic E-state index is 8.80. The summed E-state index contributed by atoms with van der Waals surface area (Å²) in [5.41, 5.74) is 0. The van der Waals surface area contributed by atoms with Gasteiger partial charge >= 0.3 is 0 Å². The number of hydrogen-bond donors (Lipinski definition) is 1. The zero-order chi connectivity index (χ0) is 7.40. The lowest BCUT2D eigenvalue weighted by Gasteiger charge is -2.34. The molecule has 0 saturated heterocycles. The van der Waals surface area contributed by atoms with Gasteiger partial charge in [0.2, 0.25) is 0 Å². The molecule has 0 spiro atoms. The molecule has 1 rings (SSSR count). The van der Waals surface area contributed by atoms with Gasteiger partial charge in [0.25, 0.3) is 0 Å². The molecule has 1 aliphatic carbocycles. The number of aliphatic hydroxyl groups is 1. The summed E-state index contributed by atoms with van der Waals surface area (Å²) >= 11 is 0. The Labute approximate surface area is 62.2 Å². The van der Waals surface area contributed by atoms with Crippen molar-refractivity contribution in [2.45, 2.75) is 19.8 Å². The van der Waals surface area contributed by atoms with Gasteiger partial charge in [-0.25, -0.2) is 0 Å². The molecule has 10 heavy (non-hydrogen) atoms. The van der Waals surface area contributed by atoms with Gasteiger partial charge in [0.15, 0.2) is 0 Å². The Kier molecular flexibility index (Phi) is 3.16. The van der Waals surface area contributed by atoms with Crippen molar-refractivity contribution in [2.24, 2.45) is 11.8 Å². The number of aliphatic hydroxyl groups excluding tert-OH is 1. The van der Waals surface area contributed by atoms with E-state index in [0.29, 0.717) is 18.4 Å². The van der Waals surface area contributed by atoms with Crippen molar-refractivity contribution in [1.29, 1.82) is 0 Å². The maximum absolute atomic E-state index is 8.80. The summed E-state index contributed by atoms with van der Waals surface area (Å²) in [6.07, 6.45) is 2.43. The van der Waals surface area contributed by atoms with E-state index >= 15 is 0 Å². The van der Waals surface area contributed by atoms with Crippen LogP contribution in [0, 0.1) is 11.8 Å². The highest BCUT2D eigenvalue weighted by Crippen LogP contribution is 2.33. The van der Waals surface area contributed by atoms with Crippen molar-refractivity contribution in [3.05, 3.63) is 0 Å². The van der Waals surface area contributed by atoms with E-state index < -0.39 is 0 Å². The average Bonchev–Trinajstić information content (AvgIpc) is 1.88. The third-order valence-electron chi connectivity index (χ3n) is 2.35. The molecule has 0 heterocycles. The summed E-state index contributed by atoms with van der Waals surface area (Å²) in [5, 5.41) is 8.80. The predicted molar refractivity (Wildman–Crippen MR) is 39.8 cm³/mol. The van der Waals surface area contributed by atoms with Crippen LogP contribution in [0.4, 0.5) is 0 Å². The van der Waals surface area contributed by atoms with Gasteiger partial charge in [0.05, 0.1) is 0 Å². The van der Waals surface area contributed by atoms with Gasteiger partial charge in [0.1, 0.15) is 0 Å². The van der Waals surface area contributed by atoms with E-state index in [1.807, 2.05) is 6.92 Å². The first kappa shape index (κ1) is 8.02. The van der Waals surface area contributed by atoms with Crippen LogP contribution >= 0.6 is 0 Å². The van der Waals surface area contributed by atoms with Gasteiger partial charge in [-0.3, -0.25) is 0 Å². The van der Waals surface area contributed by atoms with Crippen LogP contribution in [0.3, 0.4) is 0 Å². The molecule has 60 valence electrons. The smallest absolute Gasteiger partial charge is 0.0497 e. The highest BCUT2D eigenvalue weighted by molar-refractivity contribution is 4.79. The molecule has 0 radical (unpaired) electrons. The quantitative estimate of drug-likeness (QED) is 0.639. The number of hydrogen-bond acceptors (Lipinski definition) is 2. The van der Waals surface area contributed by atoms with Crippen LogP contribution in [0.5, 0.6) is 0 Å². The molecule has 1 fully saturated rings. The van der Waals surface area contributed by atoms with Crippen LogP contribution in [0.1, 0.15) is 19.8 Å². The Morgan fingerprint density at radius 1 is 1.40 bits per heavy atom. The van der Waals surface area contributed by atoms with E-state index in [1.165, 1.54) is 12.8 Å². The van der Waals surface area contributed by atoms with E-state index in [0.717, 1.165) is 13.2 Å². The van der Waals surface area contributed by atoms with Crippen molar-refractivity contribution >= 4 is 0 Å². The minimum atomic E-state index is 0.345. The largest absolute Gasteiger partial charge is 0.396 e. The molecule has 1 aliphatic rings. The number of rotatable bonds is 4. The topological polar surface area (TPSA) is 29.5 Å². The van der Waals surface area contributed by atoms with Crippen LogP contribution in [-0.2, 0) is 4.74 Å². The summed E-state index contributed by atoms with van der Waals surface area (Å²) in [7, 11) is 0. The van der Waals surface area contributed by atoms with E-state index in [9.17, 15) is 0 Å². The van der Waals surface area contributed by atoms with E-state index in [2.05, 4.69) is 0 Å². The average molecular weight is 144 g/mol. The molecule has 2 unspecified atom stereocenters. The van der Waals surface area contributed by atoms with Gasteiger partial charge in [0, 0.05) is 19.8 Å². The highest BCUT2D eigenvalue weighted by atomic mass is 16.5. The molecule has 0 aromatic carbocycles. The standard InChI is InChI=1S/C8H16O2/c1-2-10-6-8-4-3-7(8)5-9/h7-9H,2-6H2,1H3. The molecule has 0 amide bonds. The minimum absolute atomic E-state index is 0.345. The van der Waals surface area contributed by atoms with E-state index in [4.69, 9.17) is 9.84 Å². The van der Waals surface area contributed by atoms with Crippen LogP contribution in [0.2, 0.25) is 0 Å². The van der Waals surface area contributed by atoms with Crippen LogP contribution in [0.25, 0.3) is 0 Å². The second-order valence-corrected chi connectivity index (χ2v) is 2.94. The van der Waals surface area contributed by atoms with Gasteiger partial charge in [-0.1, -0.05) is 0 Å². The Bertz CT molecular complexity index is 91.3. The summed E-state index contributed by atoms with van der Waals surface area (Å²) in [5.74, 6) is 1.18. The fraction of sp³-hybridized carbons (Fsp3) is 1.00. The summed E-state index contributed by atoms with van der Waals surface area (Å²) in [6, 6.07) is 0. The van der Waals surface area contributed by atoms with Crippen LogP contribution in [-0.4, -0.2) is 24.9 Å².